The number of benzene rings is 1. The molecule has 3 heteroatoms. The Bertz CT molecular complexity index is 583. The second kappa shape index (κ2) is 4.92. The first-order chi connectivity index (χ1) is 8.88. The Morgan fingerprint density at radius 1 is 1.16 bits per heavy atom. The lowest BCUT2D eigenvalue weighted by Gasteiger charge is -2.23. The van der Waals surface area contributed by atoms with Gasteiger partial charge in [0, 0.05) is 5.69 Å². The van der Waals surface area contributed by atoms with Crippen LogP contribution in [0.5, 0.6) is 0 Å². The SMILES string of the molecule is Cc1cc(Nc2ccccc2C(C)(C)C)ncc1N. The van der Waals surface area contributed by atoms with E-state index in [0.717, 1.165) is 22.8 Å². The largest absolute Gasteiger partial charge is 0.397 e. The molecule has 0 aliphatic rings. The second-order valence-electron chi connectivity index (χ2n) is 5.85. The normalized spacial score (nSPS) is 11.4. The van der Waals surface area contributed by atoms with Gasteiger partial charge in [-0.3, -0.25) is 0 Å². The number of nitrogens with two attached hydrogens (primary N) is 1. The molecule has 100 valence electrons. The van der Waals surface area contributed by atoms with E-state index in [1.54, 1.807) is 6.20 Å². The van der Waals surface area contributed by atoms with Crippen LogP contribution in [0, 0.1) is 6.92 Å². The first kappa shape index (κ1) is 13.4. The molecule has 0 aliphatic heterocycles. The Morgan fingerprint density at radius 3 is 2.47 bits per heavy atom. The highest BCUT2D eigenvalue weighted by Crippen LogP contribution is 2.31. The summed E-state index contributed by atoms with van der Waals surface area (Å²) in [5.74, 6) is 0.823. The average molecular weight is 255 g/mol. The Hall–Kier alpha value is -2.03. The molecule has 0 radical (unpaired) electrons. The fourth-order valence-electron chi connectivity index (χ4n) is 2.02. The van der Waals surface area contributed by atoms with E-state index in [4.69, 9.17) is 5.73 Å². The minimum atomic E-state index is 0.0897. The number of anilines is 3. The third-order valence-corrected chi connectivity index (χ3v) is 3.15. The molecule has 0 atom stereocenters. The van der Waals surface area contributed by atoms with Gasteiger partial charge in [0.1, 0.15) is 5.82 Å². The number of para-hydroxylation sites is 1. The lowest BCUT2D eigenvalue weighted by Crippen LogP contribution is -2.13. The average Bonchev–Trinajstić information content (AvgIpc) is 2.33. The number of nitrogens with one attached hydrogen (secondary N) is 1. The van der Waals surface area contributed by atoms with Crippen molar-refractivity contribution in [3.63, 3.8) is 0 Å². The Labute approximate surface area is 114 Å². The number of pyridine rings is 1. The summed E-state index contributed by atoms with van der Waals surface area (Å²) in [6, 6.07) is 10.3. The van der Waals surface area contributed by atoms with E-state index in [0.29, 0.717) is 0 Å². The molecule has 1 aromatic heterocycles. The second-order valence-corrected chi connectivity index (χ2v) is 5.85. The zero-order valence-electron chi connectivity index (χ0n) is 12.0. The summed E-state index contributed by atoms with van der Waals surface area (Å²) in [5.41, 5.74) is 9.99. The van der Waals surface area contributed by atoms with Gasteiger partial charge < -0.3 is 11.1 Å². The van der Waals surface area contributed by atoms with Crippen LogP contribution in [0.1, 0.15) is 31.9 Å². The van der Waals surface area contributed by atoms with Crippen molar-refractivity contribution in [1.29, 1.82) is 0 Å². The Morgan fingerprint density at radius 2 is 1.84 bits per heavy atom. The van der Waals surface area contributed by atoms with Crippen molar-refractivity contribution in [3.8, 4) is 0 Å². The highest BCUT2D eigenvalue weighted by Gasteiger charge is 2.17. The third-order valence-electron chi connectivity index (χ3n) is 3.15. The van der Waals surface area contributed by atoms with Crippen LogP contribution in [0.25, 0.3) is 0 Å². The molecule has 1 heterocycles. The number of aryl methyl sites for hydroxylation is 1. The Kier molecular flexibility index (Phi) is 3.47. The number of hydrogen-bond acceptors (Lipinski definition) is 3. The maximum Gasteiger partial charge on any atom is 0.130 e. The summed E-state index contributed by atoms with van der Waals surface area (Å²) in [6.07, 6.45) is 1.69. The van der Waals surface area contributed by atoms with Crippen LogP contribution in [0.4, 0.5) is 17.2 Å². The van der Waals surface area contributed by atoms with Crippen LogP contribution in [0.15, 0.2) is 36.5 Å². The standard InChI is InChI=1S/C16H21N3/c1-11-9-15(18-10-13(11)17)19-14-8-6-5-7-12(14)16(2,3)4/h5-10H,17H2,1-4H3,(H,18,19). The molecule has 2 aromatic rings. The number of nitrogens with zero attached hydrogens (tertiary/aromatic N) is 1. The maximum atomic E-state index is 5.79. The van der Waals surface area contributed by atoms with E-state index in [9.17, 15) is 0 Å². The molecule has 0 spiro atoms. The van der Waals surface area contributed by atoms with Gasteiger partial charge in [-0.2, -0.15) is 0 Å². The fraction of sp³-hybridized carbons (Fsp3) is 0.312. The quantitative estimate of drug-likeness (QED) is 0.852. The molecule has 3 N–H and O–H groups in total. The van der Waals surface area contributed by atoms with Gasteiger partial charge in [0.15, 0.2) is 0 Å². The van der Waals surface area contributed by atoms with Gasteiger partial charge in [0.25, 0.3) is 0 Å². The highest BCUT2D eigenvalue weighted by atomic mass is 15.0. The van der Waals surface area contributed by atoms with E-state index >= 15 is 0 Å². The molecule has 3 nitrogen and oxygen atoms in total. The van der Waals surface area contributed by atoms with Crippen LogP contribution >= 0.6 is 0 Å². The van der Waals surface area contributed by atoms with Crippen molar-refractivity contribution in [2.24, 2.45) is 0 Å². The predicted octanol–water partition coefficient (Wildman–Crippen LogP) is 4.01. The van der Waals surface area contributed by atoms with E-state index in [1.807, 2.05) is 19.1 Å². The lowest BCUT2D eigenvalue weighted by atomic mass is 9.86. The molecule has 0 saturated carbocycles. The van der Waals surface area contributed by atoms with Gasteiger partial charge in [-0.1, -0.05) is 39.0 Å². The molecule has 19 heavy (non-hydrogen) atoms. The molecule has 1 aromatic carbocycles. The van der Waals surface area contributed by atoms with Gasteiger partial charge in [0.2, 0.25) is 0 Å². The smallest absolute Gasteiger partial charge is 0.130 e. The van der Waals surface area contributed by atoms with Gasteiger partial charge in [0.05, 0.1) is 11.9 Å². The summed E-state index contributed by atoms with van der Waals surface area (Å²) >= 11 is 0. The molecule has 0 saturated heterocycles. The highest BCUT2D eigenvalue weighted by molar-refractivity contribution is 5.64. The summed E-state index contributed by atoms with van der Waals surface area (Å²) in [7, 11) is 0. The van der Waals surface area contributed by atoms with E-state index in [2.05, 4.69) is 49.3 Å². The molecule has 2 rings (SSSR count). The Balaban J connectivity index is 2.36. The predicted molar refractivity (Wildman–Crippen MR) is 81.8 cm³/mol. The van der Waals surface area contributed by atoms with E-state index < -0.39 is 0 Å². The minimum Gasteiger partial charge on any atom is -0.397 e. The van der Waals surface area contributed by atoms with Gasteiger partial charge >= 0.3 is 0 Å². The van der Waals surface area contributed by atoms with Crippen molar-refractivity contribution in [2.45, 2.75) is 33.1 Å². The van der Waals surface area contributed by atoms with Crippen molar-refractivity contribution >= 4 is 17.2 Å². The monoisotopic (exact) mass is 255 g/mol. The fourth-order valence-corrected chi connectivity index (χ4v) is 2.02. The van der Waals surface area contributed by atoms with Gasteiger partial charge in [-0.25, -0.2) is 4.98 Å². The first-order valence-corrected chi connectivity index (χ1v) is 6.46. The van der Waals surface area contributed by atoms with Crippen molar-refractivity contribution in [2.75, 3.05) is 11.1 Å². The van der Waals surface area contributed by atoms with Crippen LogP contribution in [-0.2, 0) is 5.41 Å². The lowest BCUT2D eigenvalue weighted by molar-refractivity contribution is 0.592. The number of hydrogen-bond donors (Lipinski definition) is 2. The van der Waals surface area contributed by atoms with Crippen LogP contribution in [-0.4, -0.2) is 4.98 Å². The van der Waals surface area contributed by atoms with Gasteiger partial charge in [-0.15, -0.1) is 0 Å². The van der Waals surface area contributed by atoms with Crippen LogP contribution < -0.4 is 11.1 Å². The molecule has 0 fully saturated rings. The molecular formula is C16H21N3. The van der Waals surface area contributed by atoms with Crippen LogP contribution in [0.2, 0.25) is 0 Å². The summed E-state index contributed by atoms with van der Waals surface area (Å²) in [6.45, 7) is 8.59. The summed E-state index contributed by atoms with van der Waals surface area (Å²) < 4.78 is 0. The topological polar surface area (TPSA) is 50.9 Å². The van der Waals surface area contributed by atoms with Gasteiger partial charge in [-0.05, 0) is 35.6 Å². The molecule has 0 unspecified atom stereocenters. The maximum absolute atomic E-state index is 5.79. The summed E-state index contributed by atoms with van der Waals surface area (Å²) in [5, 5.41) is 3.38. The summed E-state index contributed by atoms with van der Waals surface area (Å²) in [4.78, 5) is 4.32. The number of nitrogen functional groups attached to an aromatic ring is 1. The third kappa shape index (κ3) is 3.05. The zero-order chi connectivity index (χ0) is 14.0. The molecule has 0 bridgehead atoms. The first-order valence-electron chi connectivity index (χ1n) is 6.46. The van der Waals surface area contributed by atoms with E-state index in [1.165, 1.54) is 5.56 Å². The van der Waals surface area contributed by atoms with Crippen LogP contribution in [0.3, 0.4) is 0 Å². The zero-order valence-corrected chi connectivity index (χ0v) is 12.0. The molecular weight excluding hydrogens is 234 g/mol. The molecule has 0 aliphatic carbocycles. The minimum absolute atomic E-state index is 0.0897. The molecule has 0 amide bonds. The number of rotatable bonds is 2. The van der Waals surface area contributed by atoms with Crippen molar-refractivity contribution in [3.05, 3.63) is 47.7 Å². The van der Waals surface area contributed by atoms with Crippen molar-refractivity contribution in [1.82, 2.24) is 4.98 Å². The van der Waals surface area contributed by atoms with E-state index in [-0.39, 0.29) is 5.41 Å². The number of aromatic nitrogens is 1. The van der Waals surface area contributed by atoms with Crippen molar-refractivity contribution < 1.29 is 0 Å².